The molecular weight excluding hydrogens is 894 g/mol. The van der Waals surface area contributed by atoms with Gasteiger partial charge < -0.3 is 0 Å². The van der Waals surface area contributed by atoms with Crippen molar-refractivity contribution in [1.82, 2.24) is 33.5 Å². The SMILES string of the molecule is CCO[C@@H]1c2nc(cs2)-c2ccc3c(c2)c(c(-c2cccnc2[C@H](C)OC)n3Cc2ccccn2)CC(C)(C)COC(=O)I2CCCN(N2)C(=O)[C@H]1NC(=O)C1[C@@H](C)[C@H]1C. The Morgan fingerprint density at radius 2 is 1.92 bits per heavy atom. The number of nitrogens with one attached hydrogen (secondary N) is 2. The van der Waals surface area contributed by atoms with Crippen molar-refractivity contribution in [2.75, 3.05) is 31.3 Å². The van der Waals surface area contributed by atoms with E-state index in [1.54, 1.807) is 13.3 Å². The summed E-state index contributed by atoms with van der Waals surface area (Å²) in [6.07, 6.45) is 3.69. The molecule has 1 aliphatic carbocycles. The second-order valence-corrected chi connectivity index (χ2v) is 22.2. The van der Waals surface area contributed by atoms with Gasteiger partial charge in [-0.15, -0.1) is 0 Å². The Hall–Kier alpha value is -4.29. The molecule has 1 saturated carbocycles. The number of rotatable bonds is 9. The number of carbonyl (C=O) groups excluding carboxylic acids is 3. The number of hydrazine groups is 1. The molecule has 2 N–H and O–H groups in total. The van der Waals surface area contributed by atoms with Gasteiger partial charge in [-0.3, -0.25) is 0 Å². The summed E-state index contributed by atoms with van der Waals surface area (Å²) < 4.78 is 24.5. The van der Waals surface area contributed by atoms with Crippen molar-refractivity contribution >= 4 is 58.1 Å². The van der Waals surface area contributed by atoms with Gasteiger partial charge in [-0.25, -0.2) is 0 Å². The maximum absolute atomic E-state index is 14.6. The molecular formula is C45H54IN7O6S. The number of hydrogen-bond donors (Lipinski definition) is 2. The Morgan fingerprint density at radius 3 is 2.65 bits per heavy atom. The summed E-state index contributed by atoms with van der Waals surface area (Å²) >= 11 is -1.29. The molecule has 0 radical (unpaired) electrons. The molecule has 2 fully saturated rings. The topological polar surface area (TPSA) is 150 Å². The second-order valence-electron chi connectivity index (χ2n) is 16.8. The van der Waals surface area contributed by atoms with Crippen molar-refractivity contribution in [2.24, 2.45) is 23.2 Å². The number of alkyl halides is 1. The van der Waals surface area contributed by atoms with Gasteiger partial charge >= 0.3 is 359 Å². The number of benzene rings is 1. The van der Waals surface area contributed by atoms with E-state index in [-0.39, 0.29) is 46.3 Å². The summed E-state index contributed by atoms with van der Waals surface area (Å²) in [4.78, 5) is 57.1. The van der Waals surface area contributed by atoms with Crippen LogP contribution in [0.1, 0.15) is 82.1 Å². The molecule has 2 amide bonds. The fourth-order valence-electron chi connectivity index (χ4n) is 8.48. The normalized spacial score (nSPS) is 24.1. The molecule has 4 aromatic heterocycles. The van der Waals surface area contributed by atoms with Gasteiger partial charge in [0.1, 0.15) is 0 Å². The fourth-order valence-corrected chi connectivity index (χ4v) is 13.1. The molecule has 5 aromatic rings. The molecule has 1 aromatic carbocycles. The third-order valence-electron chi connectivity index (χ3n) is 12.0. The number of methoxy groups -OCH3 is 1. The van der Waals surface area contributed by atoms with E-state index < -0.39 is 37.7 Å². The molecule has 60 heavy (non-hydrogen) atoms. The Morgan fingerprint density at radius 1 is 1.12 bits per heavy atom. The summed E-state index contributed by atoms with van der Waals surface area (Å²) in [6.45, 7) is 13.6. The van der Waals surface area contributed by atoms with Crippen molar-refractivity contribution in [3.05, 3.63) is 88.3 Å². The van der Waals surface area contributed by atoms with E-state index in [0.29, 0.717) is 42.0 Å². The number of fused-ring (bicyclic) bond motifs is 6. The van der Waals surface area contributed by atoms with Crippen LogP contribution in [0.3, 0.4) is 0 Å². The average molecular weight is 948 g/mol. The zero-order chi connectivity index (χ0) is 42.3. The van der Waals surface area contributed by atoms with Crippen LogP contribution in [0.4, 0.5) is 4.79 Å². The van der Waals surface area contributed by atoms with E-state index in [9.17, 15) is 14.4 Å². The molecule has 1 unspecified atom stereocenters. The summed E-state index contributed by atoms with van der Waals surface area (Å²) in [5.41, 5.74) is 6.90. The van der Waals surface area contributed by atoms with Crippen LogP contribution in [0.2, 0.25) is 0 Å². The van der Waals surface area contributed by atoms with Gasteiger partial charge in [0, 0.05) is 0 Å². The summed E-state index contributed by atoms with van der Waals surface area (Å²) in [6, 6.07) is 15.4. The standard InChI is InChI=1S/C45H54IN7O6S/c1-8-58-40-38(50-41(54)36-26(2)27(36)3)43(55)53-20-12-17-46(51-53)44(56)59-25-45(5,6)22-33-32-21-29(34-24-60-42(40)49-34)15-16-35(32)52(23-30-13-9-10-18-47-30)39(33)31-14-11-19-48-37(31)28(4)57-7/h9-11,13-16,18-19,21,24,26-28,36,38,40,51H,8,12,17,20,22-23,25H2,1-7H3,(H,50,54)/t26-,27+,28-,36?,38-,40-/m0/s1. The van der Waals surface area contributed by atoms with Gasteiger partial charge in [0.05, 0.1) is 0 Å². The minimum absolute atomic E-state index is 0.174. The molecule has 15 heteroatoms. The summed E-state index contributed by atoms with van der Waals surface area (Å²) in [7, 11) is 1.69. The van der Waals surface area contributed by atoms with Crippen LogP contribution in [0.5, 0.6) is 0 Å². The number of halogens is 1. The molecule has 6 bridgehead atoms. The van der Waals surface area contributed by atoms with Gasteiger partial charge in [-0.05, 0) is 6.07 Å². The van der Waals surface area contributed by atoms with Gasteiger partial charge in [-0.2, -0.15) is 0 Å². The number of pyridine rings is 2. The average Bonchev–Trinajstić information content (AvgIpc) is 3.53. The zero-order valence-corrected chi connectivity index (χ0v) is 38.2. The van der Waals surface area contributed by atoms with Gasteiger partial charge in [-0.1, -0.05) is 0 Å². The molecule has 2 aliphatic heterocycles. The number of nitrogens with zero attached hydrogens (tertiary/aromatic N) is 5. The predicted octanol–water partition coefficient (Wildman–Crippen LogP) is 8.32. The molecule has 318 valence electrons. The number of amides is 2. The third-order valence-corrected chi connectivity index (χ3v) is 17.3. The van der Waals surface area contributed by atoms with Crippen LogP contribution in [0.15, 0.2) is 66.3 Å². The number of hydrogen-bond acceptors (Lipinski definition) is 11. The quantitative estimate of drug-likeness (QED) is 0.0640. The number of cyclic esters (lactones) is 1. The Labute approximate surface area is 362 Å². The van der Waals surface area contributed by atoms with Crippen LogP contribution >= 0.6 is 31.4 Å². The molecule has 1 saturated heterocycles. The van der Waals surface area contributed by atoms with Crippen molar-refractivity contribution in [1.29, 1.82) is 0 Å². The molecule has 8 rings (SSSR count). The van der Waals surface area contributed by atoms with E-state index >= 15 is 0 Å². The first kappa shape index (κ1) is 42.4. The van der Waals surface area contributed by atoms with E-state index in [0.717, 1.165) is 50.4 Å². The molecule has 13 nitrogen and oxygen atoms in total. The van der Waals surface area contributed by atoms with Crippen molar-refractivity contribution in [3.8, 4) is 22.5 Å². The summed E-state index contributed by atoms with van der Waals surface area (Å²) in [5.74, 6) is -0.276. The van der Waals surface area contributed by atoms with Crippen molar-refractivity contribution in [3.63, 3.8) is 0 Å². The zero-order valence-electron chi connectivity index (χ0n) is 35.2. The number of carbonyl (C=O) groups is 3. The van der Waals surface area contributed by atoms with Gasteiger partial charge in [0.15, 0.2) is 0 Å². The third kappa shape index (κ3) is 8.47. The number of ether oxygens (including phenoxy) is 3. The molecule has 0 spiro atoms. The van der Waals surface area contributed by atoms with E-state index in [2.05, 4.69) is 65.5 Å². The van der Waals surface area contributed by atoms with Crippen LogP contribution in [0, 0.1) is 23.2 Å². The van der Waals surface area contributed by atoms with Crippen molar-refractivity contribution in [2.45, 2.75) is 79.2 Å². The minimum atomic E-state index is -2.70. The summed E-state index contributed by atoms with van der Waals surface area (Å²) in [5, 5.41) is 8.24. The number of aromatic nitrogens is 4. The van der Waals surface area contributed by atoms with E-state index in [1.165, 1.54) is 16.3 Å². The Balaban J connectivity index is 1.32. The van der Waals surface area contributed by atoms with Gasteiger partial charge in [0.25, 0.3) is 0 Å². The first-order valence-corrected chi connectivity index (χ1v) is 25.3. The van der Waals surface area contributed by atoms with Crippen LogP contribution < -0.4 is 8.96 Å². The monoisotopic (exact) mass is 947 g/mol. The Bertz CT molecular complexity index is 2380. The van der Waals surface area contributed by atoms with Gasteiger partial charge in [0.2, 0.25) is 0 Å². The second kappa shape index (κ2) is 17.6. The first-order valence-electron chi connectivity index (χ1n) is 20.7. The van der Waals surface area contributed by atoms with E-state index in [1.807, 2.05) is 49.7 Å². The fraction of sp³-hybridized carbons (Fsp3) is 0.467. The molecule has 6 atom stereocenters. The molecule has 6 heterocycles. The van der Waals surface area contributed by atoms with Crippen LogP contribution in [0.25, 0.3) is 33.4 Å². The van der Waals surface area contributed by atoms with Crippen LogP contribution in [-0.4, -0.2) is 77.7 Å². The van der Waals surface area contributed by atoms with E-state index in [4.69, 9.17) is 29.2 Å². The Kier molecular flexibility index (Phi) is 12.4. The number of thiazole rings is 1. The van der Waals surface area contributed by atoms with Crippen molar-refractivity contribution < 1.29 is 28.6 Å². The maximum atomic E-state index is 14.6. The first-order chi connectivity index (χ1) is 28.9. The molecule has 3 aliphatic rings. The predicted molar refractivity (Wildman–Crippen MR) is 240 cm³/mol. The van der Waals surface area contributed by atoms with Crippen LogP contribution in [-0.2, 0) is 36.8 Å².